The molecular formula is C12H26N4O. The lowest BCUT2D eigenvalue weighted by atomic mass is 10.0. The predicted octanol–water partition coefficient (Wildman–Crippen LogP) is -0.668. The minimum atomic E-state index is -0.123. The molecule has 1 amide bonds. The first kappa shape index (κ1) is 14.4. The monoisotopic (exact) mass is 242 g/mol. The van der Waals surface area contributed by atoms with E-state index < -0.39 is 0 Å². The van der Waals surface area contributed by atoms with Gasteiger partial charge >= 0.3 is 0 Å². The van der Waals surface area contributed by atoms with E-state index in [9.17, 15) is 4.79 Å². The molecule has 100 valence electrons. The van der Waals surface area contributed by atoms with Gasteiger partial charge in [0, 0.05) is 44.2 Å². The second kappa shape index (κ2) is 6.33. The van der Waals surface area contributed by atoms with Crippen LogP contribution in [0.4, 0.5) is 0 Å². The SMILES string of the molecule is CC(N)C(C)C(=O)NCC1CN(C)CCN1C. The molecule has 5 nitrogen and oxygen atoms in total. The van der Waals surface area contributed by atoms with Crippen molar-refractivity contribution in [1.29, 1.82) is 0 Å². The van der Waals surface area contributed by atoms with Crippen LogP contribution in [-0.4, -0.2) is 68.1 Å². The van der Waals surface area contributed by atoms with E-state index in [1.807, 2.05) is 13.8 Å². The first-order chi connectivity index (χ1) is 7.91. The Morgan fingerprint density at radius 2 is 2.06 bits per heavy atom. The maximum Gasteiger partial charge on any atom is 0.224 e. The van der Waals surface area contributed by atoms with E-state index in [-0.39, 0.29) is 17.9 Å². The summed E-state index contributed by atoms with van der Waals surface area (Å²) in [5.74, 6) is -0.0664. The topological polar surface area (TPSA) is 61.6 Å². The zero-order chi connectivity index (χ0) is 13.0. The number of likely N-dealkylation sites (N-methyl/N-ethyl adjacent to an activating group) is 2. The van der Waals surface area contributed by atoms with Crippen LogP contribution in [0.3, 0.4) is 0 Å². The summed E-state index contributed by atoms with van der Waals surface area (Å²) >= 11 is 0. The largest absolute Gasteiger partial charge is 0.354 e. The maximum atomic E-state index is 11.8. The molecule has 3 N–H and O–H groups in total. The van der Waals surface area contributed by atoms with Crippen molar-refractivity contribution in [3.63, 3.8) is 0 Å². The molecule has 1 aliphatic heterocycles. The highest BCUT2D eigenvalue weighted by atomic mass is 16.1. The summed E-state index contributed by atoms with van der Waals surface area (Å²) in [6, 6.07) is 0.305. The highest BCUT2D eigenvalue weighted by Crippen LogP contribution is 2.05. The molecule has 0 aromatic carbocycles. The molecular weight excluding hydrogens is 216 g/mol. The van der Waals surface area contributed by atoms with Crippen LogP contribution >= 0.6 is 0 Å². The van der Waals surface area contributed by atoms with E-state index in [4.69, 9.17) is 5.73 Å². The minimum absolute atomic E-state index is 0.0571. The van der Waals surface area contributed by atoms with Crippen LogP contribution in [0, 0.1) is 5.92 Å². The summed E-state index contributed by atoms with van der Waals surface area (Å²) in [4.78, 5) is 16.4. The number of hydrogen-bond donors (Lipinski definition) is 2. The predicted molar refractivity (Wildman–Crippen MR) is 69.7 cm³/mol. The Kier molecular flexibility index (Phi) is 5.36. The standard InChI is InChI=1S/C12H26N4O/c1-9(10(2)13)12(17)14-7-11-8-15(3)5-6-16(11)4/h9-11H,5-8,13H2,1-4H3,(H,14,17). The number of rotatable bonds is 4. The lowest BCUT2D eigenvalue weighted by Crippen LogP contribution is -2.55. The van der Waals surface area contributed by atoms with E-state index in [0.29, 0.717) is 12.6 Å². The molecule has 1 aliphatic rings. The van der Waals surface area contributed by atoms with Crippen molar-refractivity contribution in [1.82, 2.24) is 15.1 Å². The van der Waals surface area contributed by atoms with Gasteiger partial charge in [-0.1, -0.05) is 6.92 Å². The third kappa shape index (κ3) is 4.26. The van der Waals surface area contributed by atoms with E-state index in [1.54, 1.807) is 0 Å². The molecule has 17 heavy (non-hydrogen) atoms. The molecule has 1 fully saturated rings. The van der Waals surface area contributed by atoms with Crippen molar-refractivity contribution in [3.05, 3.63) is 0 Å². The van der Waals surface area contributed by atoms with Crippen molar-refractivity contribution in [2.45, 2.75) is 25.9 Å². The van der Waals surface area contributed by atoms with Gasteiger partial charge in [-0.2, -0.15) is 0 Å². The Hall–Kier alpha value is -0.650. The van der Waals surface area contributed by atoms with Gasteiger partial charge in [0.2, 0.25) is 5.91 Å². The number of piperazine rings is 1. The summed E-state index contributed by atoms with van der Waals surface area (Å²) in [5.41, 5.74) is 5.72. The first-order valence-electron chi connectivity index (χ1n) is 6.34. The van der Waals surface area contributed by atoms with Crippen LogP contribution in [-0.2, 0) is 4.79 Å². The average molecular weight is 242 g/mol. The molecule has 0 saturated carbocycles. The Bertz CT molecular complexity index is 257. The maximum absolute atomic E-state index is 11.8. The van der Waals surface area contributed by atoms with Crippen LogP contribution in [0.5, 0.6) is 0 Å². The van der Waals surface area contributed by atoms with E-state index in [1.165, 1.54) is 0 Å². The number of nitrogens with one attached hydrogen (secondary N) is 1. The van der Waals surface area contributed by atoms with Crippen molar-refractivity contribution in [3.8, 4) is 0 Å². The summed E-state index contributed by atoms with van der Waals surface area (Å²) in [6.07, 6.45) is 0. The summed E-state index contributed by atoms with van der Waals surface area (Å²) in [5, 5.41) is 3.00. The van der Waals surface area contributed by atoms with Crippen molar-refractivity contribution in [2.75, 3.05) is 40.3 Å². The highest BCUT2D eigenvalue weighted by Gasteiger charge is 2.24. The van der Waals surface area contributed by atoms with Crippen molar-refractivity contribution < 1.29 is 4.79 Å². The summed E-state index contributed by atoms with van der Waals surface area (Å²) < 4.78 is 0. The second-order valence-corrected chi connectivity index (χ2v) is 5.29. The van der Waals surface area contributed by atoms with Crippen LogP contribution in [0.2, 0.25) is 0 Å². The van der Waals surface area contributed by atoms with Gasteiger partial charge in [0.25, 0.3) is 0 Å². The fraction of sp³-hybridized carbons (Fsp3) is 0.917. The molecule has 1 saturated heterocycles. The molecule has 1 rings (SSSR count). The number of hydrogen-bond acceptors (Lipinski definition) is 4. The fourth-order valence-electron chi connectivity index (χ4n) is 1.94. The molecule has 1 heterocycles. The van der Waals surface area contributed by atoms with E-state index in [0.717, 1.165) is 19.6 Å². The third-order valence-corrected chi connectivity index (χ3v) is 3.69. The molecule has 3 atom stereocenters. The molecule has 0 bridgehead atoms. The smallest absolute Gasteiger partial charge is 0.224 e. The van der Waals surface area contributed by atoms with Crippen molar-refractivity contribution in [2.24, 2.45) is 11.7 Å². The number of nitrogens with zero attached hydrogens (tertiary/aromatic N) is 2. The zero-order valence-corrected chi connectivity index (χ0v) is 11.4. The van der Waals surface area contributed by atoms with Gasteiger partial charge in [-0.25, -0.2) is 0 Å². The normalized spacial score (nSPS) is 26.5. The lowest BCUT2D eigenvalue weighted by molar-refractivity contribution is -0.125. The van der Waals surface area contributed by atoms with Crippen LogP contribution in [0.25, 0.3) is 0 Å². The lowest BCUT2D eigenvalue weighted by Gasteiger charge is -2.37. The summed E-state index contributed by atoms with van der Waals surface area (Å²) in [7, 11) is 4.23. The number of carbonyl (C=O) groups excluding carboxylic acids is 1. The fourth-order valence-corrected chi connectivity index (χ4v) is 1.94. The van der Waals surface area contributed by atoms with Gasteiger partial charge in [0.15, 0.2) is 0 Å². The van der Waals surface area contributed by atoms with E-state index in [2.05, 4.69) is 29.2 Å². The number of amides is 1. The van der Waals surface area contributed by atoms with E-state index >= 15 is 0 Å². The van der Waals surface area contributed by atoms with Crippen LogP contribution < -0.4 is 11.1 Å². The summed E-state index contributed by atoms with van der Waals surface area (Å²) in [6.45, 7) is 7.60. The van der Waals surface area contributed by atoms with Gasteiger partial charge in [-0.15, -0.1) is 0 Å². The van der Waals surface area contributed by atoms with Gasteiger partial charge in [0.1, 0.15) is 0 Å². The average Bonchev–Trinajstić information content (AvgIpc) is 2.28. The second-order valence-electron chi connectivity index (χ2n) is 5.29. The molecule has 5 heteroatoms. The Balaban J connectivity index is 2.36. The highest BCUT2D eigenvalue weighted by molar-refractivity contribution is 5.78. The van der Waals surface area contributed by atoms with Gasteiger partial charge in [-0.05, 0) is 21.0 Å². The number of carbonyl (C=O) groups is 1. The molecule has 0 aromatic rings. The molecule has 3 unspecified atom stereocenters. The molecule has 0 aromatic heterocycles. The zero-order valence-electron chi connectivity index (χ0n) is 11.4. The van der Waals surface area contributed by atoms with Crippen LogP contribution in [0.15, 0.2) is 0 Å². The van der Waals surface area contributed by atoms with Gasteiger partial charge < -0.3 is 16.0 Å². The first-order valence-corrected chi connectivity index (χ1v) is 6.34. The Labute approximate surface area is 104 Å². The molecule has 0 spiro atoms. The van der Waals surface area contributed by atoms with Gasteiger partial charge in [-0.3, -0.25) is 9.69 Å². The third-order valence-electron chi connectivity index (χ3n) is 3.69. The Morgan fingerprint density at radius 1 is 1.41 bits per heavy atom. The Morgan fingerprint density at radius 3 is 2.65 bits per heavy atom. The number of nitrogens with two attached hydrogens (primary N) is 1. The minimum Gasteiger partial charge on any atom is -0.354 e. The van der Waals surface area contributed by atoms with Crippen LogP contribution in [0.1, 0.15) is 13.8 Å². The van der Waals surface area contributed by atoms with Crippen molar-refractivity contribution >= 4 is 5.91 Å². The molecule has 0 aliphatic carbocycles. The van der Waals surface area contributed by atoms with Gasteiger partial charge in [0.05, 0.1) is 0 Å². The molecule has 0 radical (unpaired) electrons. The quantitative estimate of drug-likeness (QED) is 0.686.